The number of rotatable bonds is 0. The van der Waals surface area contributed by atoms with Crippen molar-refractivity contribution in [2.24, 2.45) is 0 Å². The van der Waals surface area contributed by atoms with Gasteiger partial charge in [-0.3, -0.25) is 9.41 Å². The summed E-state index contributed by atoms with van der Waals surface area (Å²) in [5.41, 5.74) is 0. The molecule has 0 aromatic rings. The second kappa shape index (κ2) is 21.6. The minimum absolute atomic E-state index is 0. The third-order valence-corrected chi connectivity index (χ3v) is 0.366. The van der Waals surface area contributed by atoms with Gasteiger partial charge in [0.05, 0.1) is 0 Å². The maximum atomic E-state index is 9.10. The number of hydrogen-bond acceptors (Lipinski definition) is 7. The molecule has 0 heterocycles. The molecular formula is C4H10BF2LiO11. The van der Waals surface area contributed by atoms with E-state index >= 15 is 0 Å². The van der Waals surface area contributed by atoms with E-state index in [1.165, 1.54) is 0 Å². The largest absolute Gasteiger partial charge is 1.00 e. The molecule has 0 radical (unpaired) electrons. The molecule has 0 atom stereocenters. The Labute approximate surface area is 116 Å². The summed E-state index contributed by atoms with van der Waals surface area (Å²) in [6.45, 7) is 0. The van der Waals surface area contributed by atoms with E-state index in [2.05, 4.69) is 0 Å². The number of hydrogen-bond donors (Lipinski definition) is 7. The van der Waals surface area contributed by atoms with Gasteiger partial charge in [-0.2, -0.15) is 0 Å². The van der Waals surface area contributed by atoms with Gasteiger partial charge in [0.25, 0.3) is 0 Å². The number of aliphatic carboxylic acids is 4. The predicted molar refractivity (Wildman–Crippen MR) is 49.1 cm³/mol. The first kappa shape index (κ1) is 36.0. The average Bonchev–Trinajstić information content (AvgIpc) is 2.03. The molecule has 0 aromatic carbocycles. The maximum absolute atomic E-state index is 9.10. The number of carboxylic acid groups (broad SMARTS) is 4. The molecule has 0 amide bonds. The van der Waals surface area contributed by atoms with E-state index < -0.39 is 31.2 Å². The van der Waals surface area contributed by atoms with Crippen LogP contribution < -0.4 is 18.9 Å². The molecule has 0 aromatic heterocycles. The fourth-order valence-corrected chi connectivity index (χ4v) is 0. The zero-order chi connectivity index (χ0) is 13.9. The van der Waals surface area contributed by atoms with Gasteiger partial charge in [-0.1, -0.05) is 0 Å². The molecule has 7 N–H and O–H groups in total. The van der Waals surface area contributed by atoms with E-state index in [9.17, 15) is 0 Å². The van der Waals surface area contributed by atoms with Gasteiger partial charge < -0.3 is 36.9 Å². The van der Waals surface area contributed by atoms with Gasteiger partial charge in [-0.25, -0.2) is 19.2 Å². The molecule has 0 spiro atoms. The molecule has 15 heteroatoms. The minimum atomic E-state index is -2.17. The van der Waals surface area contributed by atoms with Crippen LogP contribution in [0.5, 0.6) is 0 Å². The van der Waals surface area contributed by atoms with E-state index in [0.29, 0.717) is 0 Å². The Kier molecular flexibility index (Phi) is 40.8. The summed E-state index contributed by atoms with van der Waals surface area (Å²) in [5, 5.41) is 51.1. The van der Waals surface area contributed by atoms with E-state index in [4.69, 9.17) is 54.7 Å². The Hall–Kier alpha value is -1.72. The smallest absolute Gasteiger partial charge is 1.00 e. The molecule has 0 saturated carbocycles. The molecule has 110 valence electrons. The Morgan fingerprint density at radius 1 is 0.632 bits per heavy atom. The molecule has 0 rings (SSSR count). The molecule has 19 heavy (non-hydrogen) atoms. The van der Waals surface area contributed by atoms with E-state index in [1.807, 2.05) is 0 Å². The molecule has 0 fully saturated rings. The van der Waals surface area contributed by atoms with Crippen LogP contribution in [0.1, 0.15) is 1.43 Å². The first-order valence-corrected chi connectivity index (χ1v) is 2.99. The molecule has 11 nitrogen and oxygen atoms in total. The van der Waals surface area contributed by atoms with E-state index in [-0.39, 0.29) is 29.7 Å². The Balaban J connectivity index is -0.0000000234. The van der Waals surface area contributed by atoms with Gasteiger partial charge in [-0.15, -0.1) is 0 Å². The quantitative estimate of drug-likeness (QED) is 0.165. The van der Waals surface area contributed by atoms with Gasteiger partial charge in [0.15, 0.2) is 0 Å². The van der Waals surface area contributed by atoms with Crippen LogP contribution >= 0.6 is 0 Å². The Morgan fingerprint density at radius 3 is 0.684 bits per heavy atom. The Morgan fingerprint density at radius 2 is 0.684 bits per heavy atom. The second-order valence-corrected chi connectivity index (χ2v) is 1.57. The number of carboxylic acids is 4. The monoisotopic (exact) mass is 290 g/mol. The minimum Gasteiger partial charge on any atom is -1.00 e. The van der Waals surface area contributed by atoms with Crippen LogP contribution in [0.3, 0.4) is 0 Å². The SMILES string of the molecule is F.F.O=C(O)C(=O)O.O=C(O)C(=O)O.OB(O)O.[H-].[Li+]. The third kappa shape index (κ3) is 84.2. The zero-order valence-corrected chi connectivity index (χ0v) is 9.16. The predicted octanol–water partition coefficient (Wildman–Crippen LogP) is -6.32. The second-order valence-electron chi connectivity index (χ2n) is 1.57. The van der Waals surface area contributed by atoms with Crippen molar-refractivity contribution in [3.05, 3.63) is 0 Å². The van der Waals surface area contributed by atoms with Crippen LogP contribution in [0.2, 0.25) is 0 Å². The van der Waals surface area contributed by atoms with Crippen LogP contribution in [-0.2, 0) is 19.2 Å². The number of halogens is 2. The van der Waals surface area contributed by atoms with Crippen LogP contribution in [0.15, 0.2) is 0 Å². The summed E-state index contributed by atoms with van der Waals surface area (Å²) in [4.78, 5) is 36.4. The van der Waals surface area contributed by atoms with Crippen molar-refractivity contribution in [1.29, 1.82) is 0 Å². The van der Waals surface area contributed by atoms with Crippen molar-refractivity contribution in [2.45, 2.75) is 0 Å². The van der Waals surface area contributed by atoms with Crippen molar-refractivity contribution in [2.75, 3.05) is 0 Å². The summed E-state index contributed by atoms with van der Waals surface area (Å²) in [6.07, 6.45) is 0. The first-order chi connectivity index (χ1) is 7.02. The van der Waals surface area contributed by atoms with Crippen molar-refractivity contribution in [3.8, 4) is 0 Å². The average molecular weight is 290 g/mol. The summed E-state index contributed by atoms with van der Waals surface area (Å²) < 4.78 is 0. The molecule has 0 aliphatic rings. The Bertz CT molecular complexity index is 226. The van der Waals surface area contributed by atoms with Crippen molar-refractivity contribution >= 4 is 31.2 Å². The molecule has 0 unspecified atom stereocenters. The molecule has 0 aliphatic heterocycles. The van der Waals surface area contributed by atoms with Gasteiger partial charge in [0, 0.05) is 0 Å². The van der Waals surface area contributed by atoms with Crippen molar-refractivity contribution < 1.29 is 84.4 Å². The van der Waals surface area contributed by atoms with Crippen LogP contribution in [0, 0.1) is 0 Å². The summed E-state index contributed by atoms with van der Waals surface area (Å²) in [6, 6.07) is 0. The fourth-order valence-electron chi connectivity index (χ4n) is 0. The summed E-state index contributed by atoms with van der Waals surface area (Å²) in [5.74, 6) is -7.30. The molecule has 0 saturated heterocycles. The van der Waals surface area contributed by atoms with Crippen LogP contribution in [-0.4, -0.2) is 66.7 Å². The number of carbonyl (C=O) groups is 4. The summed E-state index contributed by atoms with van der Waals surface area (Å²) in [7, 11) is -2.17. The third-order valence-electron chi connectivity index (χ3n) is 0.366. The van der Waals surface area contributed by atoms with E-state index in [0.717, 1.165) is 0 Å². The van der Waals surface area contributed by atoms with Crippen LogP contribution in [0.25, 0.3) is 0 Å². The first-order valence-electron chi connectivity index (χ1n) is 2.99. The van der Waals surface area contributed by atoms with Crippen molar-refractivity contribution in [1.82, 2.24) is 0 Å². The van der Waals surface area contributed by atoms with E-state index in [1.54, 1.807) is 0 Å². The topological polar surface area (TPSA) is 210 Å². The van der Waals surface area contributed by atoms with Gasteiger partial charge >= 0.3 is 50.1 Å². The van der Waals surface area contributed by atoms with Gasteiger partial charge in [0.2, 0.25) is 0 Å². The molecule has 0 bridgehead atoms. The maximum Gasteiger partial charge on any atom is 1.00 e. The molecular weight excluding hydrogens is 280 g/mol. The van der Waals surface area contributed by atoms with Crippen LogP contribution in [0.4, 0.5) is 9.41 Å². The standard InChI is InChI=1S/2C2H2O4.BH3O3.2FH.Li.H/c2*3-1(4)2(5)6;2-1(3)4;;;;/h2*(H,3,4)(H,5,6);2-4H;2*1H;;/q;;;;;+1;-1. The normalized spacial score (nSPS) is 6.05. The van der Waals surface area contributed by atoms with Gasteiger partial charge in [0.1, 0.15) is 0 Å². The summed E-state index contributed by atoms with van der Waals surface area (Å²) >= 11 is 0. The fraction of sp³-hybridized carbons (Fsp3) is 0. The molecule has 0 aliphatic carbocycles. The van der Waals surface area contributed by atoms with Crippen molar-refractivity contribution in [3.63, 3.8) is 0 Å². The zero-order valence-electron chi connectivity index (χ0n) is 10.2. The van der Waals surface area contributed by atoms with Gasteiger partial charge in [-0.05, 0) is 0 Å².